The van der Waals surface area contributed by atoms with Gasteiger partial charge in [-0.15, -0.1) is 0 Å². The van der Waals surface area contributed by atoms with E-state index in [2.05, 4.69) is 106 Å². The summed E-state index contributed by atoms with van der Waals surface area (Å²) in [6.45, 7) is 2.25. The summed E-state index contributed by atoms with van der Waals surface area (Å²) in [4.78, 5) is 0. The first kappa shape index (κ1) is 30.6. The van der Waals surface area contributed by atoms with Crippen molar-refractivity contribution in [3.8, 4) is 33.8 Å². The summed E-state index contributed by atoms with van der Waals surface area (Å²) < 4.78 is 19.4. The number of hydrogen-bond acceptors (Lipinski definition) is 4. The van der Waals surface area contributed by atoms with Gasteiger partial charge >= 0.3 is 0 Å². The fraction of sp³-hybridized carbons (Fsp3) is 0.400. The third kappa shape index (κ3) is 6.15. The molecule has 0 saturated heterocycles. The molecule has 6 heteroatoms. The number of hydrogen-bond donors (Lipinski definition) is 0. The van der Waals surface area contributed by atoms with E-state index in [1.807, 2.05) is 0 Å². The fourth-order valence-electron chi connectivity index (χ4n) is 8.09. The topological polar surface area (TPSA) is 24.9 Å². The van der Waals surface area contributed by atoms with Gasteiger partial charge in [0.1, 0.15) is 11.5 Å². The zero-order valence-corrected chi connectivity index (χ0v) is 28.7. The molecule has 0 bridgehead atoms. The van der Waals surface area contributed by atoms with E-state index in [-0.39, 0.29) is 0 Å². The van der Waals surface area contributed by atoms with Crippen molar-refractivity contribution >= 4 is 27.2 Å². The molecule has 2 atom stereocenters. The summed E-state index contributed by atoms with van der Waals surface area (Å²) in [7, 11) is -1.67. The third-order valence-electron chi connectivity index (χ3n) is 10.4. The highest BCUT2D eigenvalue weighted by atomic mass is 31.2. The van der Waals surface area contributed by atoms with Crippen molar-refractivity contribution in [1.29, 1.82) is 0 Å². The van der Waals surface area contributed by atoms with Crippen LogP contribution in [0.2, 0.25) is 0 Å². The molecule has 238 valence electrons. The lowest BCUT2D eigenvalue weighted by molar-refractivity contribution is 0.304. The molecule has 46 heavy (non-hydrogen) atoms. The summed E-state index contributed by atoms with van der Waals surface area (Å²) in [5.74, 6) is 2.11. The maximum absolute atomic E-state index is 6.89. The van der Waals surface area contributed by atoms with Gasteiger partial charge in [0.05, 0.1) is 0 Å². The first-order valence-electron chi connectivity index (χ1n) is 17.7. The summed E-state index contributed by atoms with van der Waals surface area (Å²) in [6, 6.07) is 36.5. The molecule has 0 spiro atoms. The van der Waals surface area contributed by atoms with Gasteiger partial charge < -0.3 is 9.05 Å². The quantitative estimate of drug-likeness (QED) is 0.119. The highest BCUT2D eigenvalue weighted by Gasteiger charge is 2.38. The standard InChI is InChI=1S/C40H46N2O2P2/c1(15-29-41(31-17-3-4-18-31)45-39-27-13-9-23-35(39)33-21-7-11-25-37(33)43-45)2-16-30-42(32-19-5-6-20-32)46-40-28-14-10-24-36(40)34-22-8-12-26-38(34)44-46/h7-14,21-28,31-32H,1-6,15-20,29-30H2. The van der Waals surface area contributed by atoms with Gasteiger partial charge in [0.25, 0.3) is 0 Å². The van der Waals surface area contributed by atoms with E-state index < -0.39 is 16.6 Å². The fourth-order valence-corrected chi connectivity index (χ4v) is 12.7. The number of fused-ring (bicyclic) bond motifs is 6. The number of nitrogens with zero attached hydrogens (tertiary/aromatic N) is 2. The Morgan fingerprint density at radius 1 is 0.457 bits per heavy atom. The molecule has 4 aromatic rings. The van der Waals surface area contributed by atoms with Gasteiger partial charge in [-0.1, -0.05) is 111 Å². The van der Waals surface area contributed by atoms with E-state index in [4.69, 9.17) is 9.05 Å². The SMILES string of the molecule is c1ccc2c(c1)OP(N(CCCCCCN(C1CCCC1)P1Oc3ccccc3-c3ccccc31)C1CCCC1)c1ccccc1-2. The number of para-hydroxylation sites is 2. The Morgan fingerprint density at radius 3 is 1.26 bits per heavy atom. The normalized spacial score (nSPS) is 20.6. The van der Waals surface area contributed by atoms with E-state index in [1.165, 1.54) is 110 Å². The second-order valence-corrected chi connectivity index (χ2v) is 16.8. The molecular formula is C40H46N2O2P2. The van der Waals surface area contributed by atoms with Gasteiger partial charge in [0, 0.05) is 46.9 Å². The largest absolute Gasteiger partial charge is 0.453 e. The number of unbranched alkanes of at least 4 members (excludes halogenated alkanes) is 3. The van der Waals surface area contributed by atoms with Crippen molar-refractivity contribution in [1.82, 2.24) is 9.34 Å². The van der Waals surface area contributed by atoms with Crippen LogP contribution in [0.25, 0.3) is 22.3 Å². The minimum absolute atomic E-state index is 0.636. The molecule has 2 fully saturated rings. The van der Waals surface area contributed by atoms with Crippen LogP contribution in [0.1, 0.15) is 77.0 Å². The lowest BCUT2D eigenvalue weighted by Crippen LogP contribution is -2.36. The zero-order valence-electron chi connectivity index (χ0n) is 26.9. The molecule has 2 saturated carbocycles. The molecule has 0 N–H and O–H groups in total. The van der Waals surface area contributed by atoms with Crippen molar-refractivity contribution in [3.05, 3.63) is 97.1 Å². The minimum Gasteiger partial charge on any atom is -0.453 e. The van der Waals surface area contributed by atoms with Gasteiger partial charge in [-0.25, -0.2) is 9.34 Å². The van der Waals surface area contributed by atoms with E-state index in [9.17, 15) is 0 Å². The lowest BCUT2D eigenvalue weighted by Gasteiger charge is -2.39. The van der Waals surface area contributed by atoms with E-state index >= 15 is 0 Å². The summed E-state index contributed by atoms with van der Waals surface area (Å²) in [6.07, 6.45) is 15.6. The van der Waals surface area contributed by atoms with Crippen molar-refractivity contribution in [2.75, 3.05) is 13.1 Å². The summed E-state index contributed by atoms with van der Waals surface area (Å²) >= 11 is 0. The van der Waals surface area contributed by atoms with Crippen LogP contribution in [0, 0.1) is 0 Å². The molecule has 2 unspecified atom stereocenters. The molecule has 0 amide bonds. The number of rotatable bonds is 11. The van der Waals surface area contributed by atoms with Crippen LogP contribution >= 0.6 is 16.6 Å². The minimum atomic E-state index is -0.833. The third-order valence-corrected chi connectivity index (χ3v) is 14.8. The summed E-state index contributed by atoms with van der Waals surface area (Å²) in [5, 5.41) is 2.79. The Balaban J connectivity index is 0.934. The zero-order chi connectivity index (χ0) is 30.7. The van der Waals surface area contributed by atoms with Crippen LogP contribution in [-0.2, 0) is 0 Å². The Labute approximate surface area is 277 Å². The van der Waals surface area contributed by atoms with Gasteiger partial charge in [-0.05, 0) is 73.9 Å². The summed E-state index contributed by atoms with van der Waals surface area (Å²) in [5.41, 5.74) is 5.21. The molecular weight excluding hydrogens is 602 g/mol. The Hall–Kier alpha value is -2.74. The molecule has 4 aromatic carbocycles. The average molecular weight is 649 g/mol. The van der Waals surface area contributed by atoms with Gasteiger partial charge in [0.2, 0.25) is 0 Å². The van der Waals surface area contributed by atoms with Crippen LogP contribution in [0.4, 0.5) is 0 Å². The predicted octanol–water partition coefficient (Wildman–Crippen LogP) is 10.4. The molecule has 0 aromatic heterocycles. The molecule has 2 aliphatic heterocycles. The predicted molar refractivity (Wildman–Crippen MR) is 195 cm³/mol. The van der Waals surface area contributed by atoms with Crippen LogP contribution in [-0.4, -0.2) is 34.5 Å². The van der Waals surface area contributed by atoms with E-state index in [1.54, 1.807) is 0 Å². The Morgan fingerprint density at radius 2 is 0.826 bits per heavy atom. The maximum Gasteiger partial charge on any atom is 0.197 e. The average Bonchev–Trinajstić information content (AvgIpc) is 3.85. The van der Waals surface area contributed by atoms with Crippen LogP contribution in [0.15, 0.2) is 97.1 Å². The maximum atomic E-state index is 6.89. The molecule has 4 aliphatic rings. The van der Waals surface area contributed by atoms with Gasteiger partial charge in [-0.2, -0.15) is 0 Å². The molecule has 2 heterocycles. The van der Waals surface area contributed by atoms with Crippen LogP contribution < -0.4 is 19.7 Å². The van der Waals surface area contributed by atoms with Crippen molar-refractivity contribution < 1.29 is 9.05 Å². The molecule has 8 rings (SSSR count). The second kappa shape index (κ2) is 14.2. The lowest BCUT2D eigenvalue weighted by atomic mass is 10.0. The van der Waals surface area contributed by atoms with Crippen LogP contribution in [0.5, 0.6) is 11.5 Å². The monoisotopic (exact) mass is 648 g/mol. The first-order chi connectivity index (χ1) is 22.8. The molecule has 2 aliphatic carbocycles. The van der Waals surface area contributed by atoms with Gasteiger partial charge in [-0.3, -0.25) is 0 Å². The van der Waals surface area contributed by atoms with Crippen LogP contribution in [0.3, 0.4) is 0 Å². The van der Waals surface area contributed by atoms with Crippen molar-refractivity contribution in [2.24, 2.45) is 0 Å². The van der Waals surface area contributed by atoms with Gasteiger partial charge in [0.15, 0.2) is 16.6 Å². The van der Waals surface area contributed by atoms with E-state index in [0.717, 1.165) is 24.6 Å². The highest BCUT2D eigenvalue weighted by molar-refractivity contribution is 7.59. The molecule has 0 radical (unpaired) electrons. The highest BCUT2D eigenvalue weighted by Crippen LogP contribution is 2.54. The Kier molecular flexibility index (Phi) is 9.42. The second-order valence-electron chi connectivity index (χ2n) is 13.4. The van der Waals surface area contributed by atoms with E-state index in [0.29, 0.717) is 12.1 Å². The smallest absolute Gasteiger partial charge is 0.197 e. The van der Waals surface area contributed by atoms with Crippen molar-refractivity contribution in [2.45, 2.75) is 89.1 Å². The number of benzene rings is 4. The van der Waals surface area contributed by atoms with Crippen molar-refractivity contribution in [3.63, 3.8) is 0 Å². The molecule has 4 nitrogen and oxygen atoms in total. The first-order valence-corrected chi connectivity index (χ1v) is 20.1. The Bertz CT molecular complexity index is 1510.